The fourth-order valence-electron chi connectivity index (χ4n) is 2.77. The van der Waals surface area contributed by atoms with Crippen LogP contribution in [0.5, 0.6) is 0 Å². The van der Waals surface area contributed by atoms with Gasteiger partial charge in [-0.05, 0) is 53.2 Å². The van der Waals surface area contributed by atoms with Gasteiger partial charge in [0.2, 0.25) is 5.91 Å². The van der Waals surface area contributed by atoms with E-state index in [1.54, 1.807) is 11.3 Å². The number of amides is 1. The average Bonchev–Trinajstić information content (AvgIpc) is 2.83. The monoisotopic (exact) mass is 344 g/mol. The molecule has 1 aromatic rings. The highest BCUT2D eigenvalue weighted by atomic mass is 79.9. The van der Waals surface area contributed by atoms with Crippen molar-refractivity contribution >= 4 is 33.2 Å². The second-order valence-electron chi connectivity index (χ2n) is 5.19. The molecule has 1 unspecified atom stereocenters. The molecular formula is C14H21BrN2OS. The average molecular weight is 345 g/mol. The van der Waals surface area contributed by atoms with Gasteiger partial charge >= 0.3 is 0 Å². The number of nitrogens with one attached hydrogen (secondary N) is 2. The van der Waals surface area contributed by atoms with E-state index in [9.17, 15) is 4.79 Å². The van der Waals surface area contributed by atoms with Crippen LogP contribution in [0.2, 0.25) is 0 Å². The zero-order valence-electron chi connectivity index (χ0n) is 11.3. The molecular weight excluding hydrogens is 324 g/mol. The number of halogens is 1. The third kappa shape index (κ3) is 3.58. The van der Waals surface area contributed by atoms with Gasteiger partial charge in [-0.25, -0.2) is 0 Å². The summed E-state index contributed by atoms with van der Waals surface area (Å²) in [6.45, 7) is 4.63. The maximum absolute atomic E-state index is 12.6. The number of rotatable bonds is 5. The van der Waals surface area contributed by atoms with Gasteiger partial charge in [0.05, 0.1) is 12.0 Å². The molecule has 1 aliphatic heterocycles. The number of carbonyl (C=O) groups excluding carboxylic acids is 1. The quantitative estimate of drug-likeness (QED) is 0.860. The van der Waals surface area contributed by atoms with Crippen LogP contribution >= 0.6 is 27.3 Å². The molecule has 2 rings (SSSR count). The van der Waals surface area contributed by atoms with Crippen LogP contribution in [-0.4, -0.2) is 19.0 Å². The summed E-state index contributed by atoms with van der Waals surface area (Å²) in [6, 6.07) is 2.02. The fourth-order valence-corrected chi connectivity index (χ4v) is 4.20. The normalized spacial score (nSPS) is 23.3. The molecule has 1 aliphatic rings. The second kappa shape index (κ2) is 6.86. The lowest BCUT2D eigenvalue weighted by atomic mass is 9.76. The summed E-state index contributed by atoms with van der Waals surface area (Å²) < 4.78 is 1.09. The number of hydrogen-bond donors (Lipinski definition) is 2. The summed E-state index contributed by atoms with van der Waals surface area (Å²) in [4.78, 5) is 13.7. The predicted molar refractivity (Wildman–Crippen MR) is 83.3 cm³/mol. The van der Waals surface area contributed by atoms with Gasteiger partial charge in [-0.2, -0.15) is 0 Å². The number of carbonyl (C=O) groups is 1. The zero-order chi connectivity index (χ0) is 13.7. The first-order chi connectivity index (χ1) is 9.18. The van der Waals surface area contributed by atoms with Crippen LogP contribution < -0.4 is 10.6 Å². The Balaban J connectivity index is 1.97. The Morgan fingerprint density at radius 2 is 2.47 bits per heavy atom. The van der Waals surface area contributed by atoms with Gasteiger partial charge in [0, 0.05) is 15.9 Å². The van der Waals surface area contributed by atoms with Crippen molar-refractivity contribution in [2.75, 3.05) is 13.1 Å². The maximum Gasteiger partial charge on any atom is 0.227 e. The Morgan fingerprint density at radius 3 is 3.05 bits per heavy atom. The van der Waals surface area contributed by atoms with Crippen molar-refractivity contribution in [1.82, 2.24) is 10.6 Å². The van der Waals surface area contributed by atoms with Crippen molar-refractivity contribution < 1.29 is 4.79 Å². The molecule has 106 valence electrons. The van der Waals surface area contributed by atoms with Crippen molar-refractivity contribution in [1.29, 1.82) is 0 Å². The van der Waals surface area contributed by atoms with Crippen LogP contribution in [0.25, 0.3) is 0 Å². The van der Waals surface area contributed by atoms with Crippen molar-refractivity contribution in [3.63, 3.8) is 0 Å². The Labute approximate surface area is 127 Å². The predicted octanol–water partition coefficient (Wildman–Crippen LogP) is 3.30. The Kier molecular flexibility index (Phi) is 5.42. The third-order valence-electron chi connectivity index (χ3n) is 3.78. The molecule has 19 heavy (non-hydrogen) atoms. The van der Waals surface area contributed by atoms with Gasteiger partial charge in [0.1, 0.15) is 0 Å². The smallest absolute Gasteiger partial charge is 0.227 e. The van der Waals surface area contributed by atoms with E-state index < -0.39 is 0 Å². The molecule has 0 aromatic carbocycles. The van der Waals surface area contributed by atoms with E-state index in [-0.39, 0.29) is 11.3 Å². The Hall–Kier alpha value is -0.390. The van der Waals surface area contributed by atoms with Crippen LogP contribution in [-0.2, 0) is 11.3 Å². The highest BCUT2D eigenvalue weighted by Crippen LogP contribution is 2.32. The lowest BCUT2D eigenvalue weighted by Crippen LogP contribution is -2.50. The molecule has 1 aromatic heterocycles. The number of thiophene rings is 1. The van der Waals surface area contributed by atoms with Crippen LogP contribution in [0, 0.1) is 5.41 Å². The molecule has 0 spiro atoms. The highest BCUT2D eigenvalue weighted by Gasteiger charge is 2.38. The highest BCUT2D eigenvalue weighted by molar-refractivity contribution is 9.10. The van der Waals surface area contributed by atoms with Crippen LogP contribution in [0.3, 0.4) is 0 Å². The van der Waals surface area contributed by atoms with E-state index in [1.807, 2.05) is 11.4 Å². The summed E-state index contributed by atoms with van der Waals surface area (Å²) in [5.41, 5.74) is -0.198. The summed E-state index contributed by atoms with van der Waals surface area (Å²) in [7, 11) is 0. The van der Waals surface area contributed by atoms with Gasteiger partial charge in [-0.1, -0.05) is 13.3 Å². The number of piperidine rings is 1. The molecule has 0 radical (unpaired) electrons. The van der Waals surface area contributed by atoms with Gasteiger partial charge in [0.15, 0.2) is 0 Å². The van der Waals surface area contributed by atoms with E-state index in [0.29, 0.717) is 6.54 Å². The van der Waals surface area contributed by atoms with Gasteiger partial charge < -0.3 is 10.6 Å². The molecule has 0 bridgehead atoms. The van der Waals surface area contributed by atoms with Crippen molar-refractivity contribution in [3.8, 4) is 0 Å². The molecule has 1 amide bonds. The first-order valence-electron chi connectivity index (χ1n) is 6.89. The summed E-state index contributed by atoms with van der Waals surface area (Å²) in [6.07, 6.45) is 4.12. The molecule has 5 heteroatoms. The van der Waals surface area contributed by atoms with Crippen LogP contribution in [0.15, 0.2) is 15.9 Å². The molecule has 1 atom stereocenters. The third-order valence-corrected chi connectivity index (χ3v) is 5.71. The first kappa shape index (κ1) is 15.0. The topological polar surface area (TPSA) is 41.1 Å². The maximum atomic E-state index is 12.6. The lowest BCUT2D eigenvalue weighted by molar-refractivity contribution is -0.132. The lowest BCUT2D eigenvalue weighted by Gasteiger charge is -2.36. The van der Waals surface area contributed by atoms with Crippen molar-refractivity contribution in [2.45, 2.75) is 39.2 Å². The second-order valence-corrected chi connectivity index (χ2v) is 7.04. The van der Waals surface area contributed by atoms with E-state index >= 15 is 0 Å². The zero-order valence-corrected chi connectivity index (χ0v) is 13.7. The molecule has 2 N–H and O–H groups in total. The van der Waals surface area contributed by atoms with Crippen LogP contribution in [0.4, 0.5) is 0 Å². The molecule has 0 saturated carbocycles. The SMILES string of the molecule is CCCC1(C(=O)NCc2sccc2Br)CCCNC1. The van der Waals surface area contributed by atoms with Gasteiger partial charge in [-0.15, -0.1) is 11.3 Å². The first-order valence-corrected chi connectivity index (χ1v) is 8.56. The van der Waals surface area contributed by atoms with E-state index in [2.05, 4.69) is 33.5 Å². The van der Waals surface area contributed by atoms with E-state index in [0.717, 1.165) is 43.2 Å². The Bertz CT molecular complexity index is 421. The van der Waals surface area contributed by atoms with Gasteiger partial charge in [-0.3, -0.25) is 4.79 Å². The summed E-state index contributed by atoms with van der Waals surface area (Å²) >= 11 is 5.18. The minimum Gasteiger partial charge on any atom is -0.351 e. The fraction of sp³-hybridized carbons (Fsp3) is 0.643. The summed E-state index contributed by atoms with van der Waals surface area (Å²) in [5.74, 6) is 0.210. The van der Waals surface area contributed by atoms with Gasteiger partial charge in [0.25, 0.3) is 0 Å². The molecule has 3 nitrogen and oxygen atoms in total. The van der Waals surface area contributed by atoms with E-state index in [4.69, 9.17) is 0 Å². The largest absolute Gasteiger partial charge is 0.351 e. The molecule has 0 aliphatic carbocycles. The summed E-state index contributed by atoms with van der Waals surface area (Å²) in [5, 5.41) is 8.54. The minimum atomic E-state index is -0.198. The minimum absolute atomic E-state index is 0.198. The Morgan fingerprint density at radius 1 is 1.63 bits per heavy atom. The van der Waals surface area contributed by atoms with Crippen LogP contribution in [0.1, 0.15) is 37.5 Å². The van der Waals surface area contributed by atoms with E-state index in [1.165, 1.54) is 4.88 Å². The molecule has 1 fully saturated rings. The standard InChI is InChI=1S/C14H21BrN2OS/c1-2-5-14(6-3-7-16-10-14)13(18)17-9-12-11(15)4-8-19-12/h4,8,16H,2-3,5-7,9-10H2,1H3,(H,17,18). The molecule has 2 heterocycles. The number of hydrogen-bond acceptors (Lipinski definition) is 3. The van der Waals surface area contributed by atoms with Crippen molar-refractivity contribution in [3.05, 3.63) is 20.8 Å². The van der Waals surface area contributed by atoms with Crippen molar-refractivity contribution in [2.24, 2.45) is 5.41 Å². The molecule has 1 saturated heterocycles.